The molecule has 1 aromatic carbocycles. The number of halogens is 2. The van der Waals surface area contributed by atoms with E-state index < -0.39 is 0 Å². The minimum Gasteiger partial charge on any atom is -0.469 e. The van der Waals surface area contributed by atoms with Gasteiger partial charge in [0.1, 0.15) is 5.82 Å². The van der Waals surface area contributed by atoms with Crippen LogP contribution in [0.2, 0.25) is 0 Å². The van der Waals surface area contributed by atoms with Crippen LogP contribution in [0, 0.1) is 11.7 Å². The monoisotopic (exact) mass is 329 g/mol. The molecule has 3 nitrogen and oxygen atoms in total. The molecular formula is C14H17BrFNO2. The van der Waals surface area contributed by atoms with Gasteiger partial charge in [0.25, 0.3) is 0 Å². The summed E-state index contributed by atoms with van der Waals surface area (Å²) < 4.78 is 18.9. The van der Waals surface area contributed by atoms with Crippen molar-refractivity contribution in [3.63, 3.8) is 0 Å². The van der Waals surface area contributed by atoms with Crippen molar-refractivity contribution in [1.82, 2.24) is 4.90 Å². The van der Waals surface area contributed by atoms with Crippen molar-refractivity contribution in [3.8, 4) is 0 Å². The van der Waals surface area contributed by atoms with E-state index in [0.717, 1.165) is 29.4 Å². The number of carbonyl (C=O) groups excluding carboxylic acids is 1. The SMILES string of the molecule is COC(=O)[C@H]1CCCN(Cc2cc(F)cc(Br)c2)C1. The molecule has 104 valence electrons. The molecule has 1 heterocycles. The predicted octanol–water partition coefficient (Wildman–Crippen LogP) is 2.97. The molecule has 1 aromatic rings. The number of benzene rings is 1. The molecule has 19 heavy (non-hydrogen) atoms. The maximum atomic E-state index is 13.3. The first-order valence-corrected chi connectivity index (χ1v) is 7.13. The number of rotatable bonds is 3. The van der Waals surface area contributed by atoms with Gasteiger partial charge in [-0.25, -0.2) is 4.39 Å². The second-order valence-corrected chi connectivity index (χ2v) is 5.79. The molecule has 0 spiro atoms. The van der Waals surface area contributed by atoms with Crippen LogP contribution < -0.4 is 0 Å². The number of hydrogen-bond acceptors (Lipinski definition) is 3. The van der Waals surface area contributed by atoms with Gasteiger partial charge in [-0.3, -0.25) is 9.69 Å². The fourth-order valence-corrected chi connectivity index (χ4v) is 3.03. The third-order valence-electron chi connectivity index (χ3n) is 3.37. The van der Waals surface area contributed by atoms with Crippen molar-refractivity contribution in [3.05, 3.63) is 34.1 Å². The molecule has 1 fully saturated rings. The quantitative estimate of drug-likeness (QED) is 0.798. The largest absolute Gasteiger partial charge is 0.469 e. The number of likely N-dealkylation sites (tertiary alicyclic amines) is 1. The molecule has 1 saturated heterocycles. The molecule has 0 bridgehead atoms. The van der Waals surface area contributed by atoms with Crippen LogP contribution in [0.1, 0.15) is 18.4 Å². The number of ether oxygens (including phenoxy) is 1. The van der Waals surface area contributed by atoms with E-state index in [1.165, 1.54) is 19.2 Å². The summed E-state index contributed by atoms with van der Waals surface area (Å²) in [5, 5.41) is 0. The first-order chi connectivity index (χ1) is 9.08. The molecule has 0 aliphatic carbocycles. The van der Waals surface area contributed by atoms with Crippen LogP contribution in [0.25, 0.3) is 0 Å². The van der Waals surface area contributed by atoms with Crippen LogP contribution in [0.4, 0.5) is 4.39 Å². The maximum absolute atomic E-state index is 13.3. The molecule has 0 N–H and O–H groups in total. The van der Waals surface area contributed by atoms with E-state index >= 15 is 0 Å². The highest BCUT2D eigenvalue weighted by Gasteiger charge is 2.26. The molecule has 0 amide bonds. The highest BCUT2D eigenvalue weighted by atomic mass is 79.9. The molecule has 1 aliphatic heterocycles. The summed E-state index contributed by atoms with van der Waals surface area (Å²) in [6.45, 7) is 2.27. The van der Waals surface area contributed by atoms with Crippen molar-refractivity contribution in [1.29, 1.82) is 0 Å². The van der Waals surface area contributed by atoms with Crippen LogP contribution in [-0.4, -0.2) is 31.1 Å². The minimum absolute atomic E-state index is 0.0595. The second kappa shape index (κ2) is 6.48. The molecule has 2 rings (SSSR count). The molecule has 0 unspecified atom stereocenters. The first kappa shape index (κ1) is 14.5. The van der Waals surface area contributed by atoms with E-state index in [4.69, 9.17) is 4.74 Å². The smallest absolute Gasteiger partial charge is 0.309 e. The fourth-order valence-electron chi connectivity index (χ4n) is 2.52. The number of piperidine rings is 1. The standard InChI is InChI=1S/C14H17BrFNO2/c1-19-14(18)11-3-2-4-17(9-11)8-10-5-12(15)7-13(16)6-10/h5-7,11H,2-4,8-9H2,1H3/t11-/m0/s1. The molecule has 0 saturated carbocycles. The summed E-state index contributed by atoms with van der Waals surface area (Å²) in [6, 6.07) is 4.88. The van der Waals surface area contributed by atoms with E-state index in [-0.39, 0.29) is 17.7 Å². The second-order valence-electron chi connectivity index (χ2n) is 4.88. The maximum Gasteiger partial charge on any atom is 0.309 e. The average Bonchev–Trinajstić information content (AvgIpc) is 2.37. The van der Waals surface area contributed by atoms with E-state index in [1.807, 2.05) is 6.07 Å². The number of methoxy groups -OCH3 is 1. The molecule has 1 atom stereocenters. The third kappa shape index (κ3) is 4.01. The summed E-state index contributed by atoms with van der Waals surface area (Å²) >= 11 is 3.29. The first-order valence-electron chi connectivity index (χ1n) is 6.33. The Morgan fingerprint density at radius 1 is 1.53 bits per heavy atom. The summed E-state index contributed by atoms with van der Waals surface area (Å²) in [5.41, 5.74) is 0.914. The lowest BCUT2D eigenvalue weighted by Crippen LogP contribution is -2.38. The van der Waals surface area contributed by atoms with Gasteiger partial charge in [-0.2, -0.15) is 0 Å². The summed E-state index contributed by atoms with van der Waals surface area (Å²) in [4.78, 5) is 13.7. The van der Waals surface area contributed by atoms with Crippen molar-refractivity contribution < 1.29 is 13.9 Å². The van der Waals surface area contributed by atoms with Crippen molar-refractivity contribution in [2.75, 3.05) is 20.2 Å². The van der Waals surface area contributed by atoms with Crippen LogP contribution >= 0.6 is 15.9 Å². The van der Waals surface area contributed by atoms with Crippen LogP contribution in [0.5, 0.6) is 0 Å². The van der Waals surface area contributed by atoms with E-state index in [2.05, 4.69) is 20.8 Å². The Morgan fingerprint density at radius 2 is 2.32 bits per heavy atom. The van der Waals surface area contributed by atoms with Gasteiger partial charge in [0.2, 0.25) is 0 Å². The summed E-state index contributed by atoms with van der Waals surface area (Å²) in [6.07, 6.45) is 1.84. The highest BCUT2D eigenvalue weighted by molar-refractivity contribution is 9.10. The van der Waals surface area contributed by atoms with Crippen molar-refractivity contribution in [2.24, 2.45) is 5.92 Å². The highest BCUT2D eigenvalue weighted by Crippen LogP contribution is 2.21. The topological polar surface area (TPSA) is 29.5 Å². The number of esters is 1. The Labute approximate surface area is 120 Å². The molecule has 5 heteroatoms. The van der Waals surface area contributed by atoms with Crippen molar-refractivity contribution in [2.45, 2.75) is 19.4 Å². The van der Waals surface area contributed by atoms with Crippen LogP contribution in [-0.2, 0) is 16.1 Å². The lowest BCUT2D eigenvalue weighted by atomic mass is 9.98. The van der Waals surface area contributed by atoms with Gasteiger partial charge in [0.05, 0.1) is 13.0 Å². The normalized spacial score (nSPS) is 20.3. The third-order valence-corrected chi connectivity index (χ3v) is 3.83. The van der Waals surface area contributed by atoms with Gasteiger partial charge in [0, 0.05) is 17.6 Å². The van der Waals surface area contributed by atoms with Gasteiger partial charge in [-0.1, -0.05) is 15.9 Å². The van der Waals surface area contributed by atoms with Gasteiger partial charge >= 0.3 is 5.97 Å². The van der Waals surface area contributed by atoms with Crippen LogP contribution in [0.3, 0.4) is 0 Å². The van der Waals surface area contributed by atoms with Gasteiger partial charge in [0.15, 0.2) is 0 Å². The predicted molar refractivity (Wildman–Crippen MR) is 74.1 cm³/mol. The lowest BCUT2D eigenvalue weighted by Gasteiger charge is -2.31. The fraction of sp³-hybridized carbons (Fsp3) is 0.500. The molecule has 0 aromatic heterocycles. The average molecular weight is 330 g/mol. The Morgan fingerprint density at radius 3 is 3.00 bits per heavy atom. The zero-order valence-corrected chi connectivity index (χ0v) is 12.5. The van der Waals surface area contributed by atoms with Crippen molar-refractivity contribution >= 4 is 21.9 Å². The van der Waals surface area contributed by atoms with Gasteiger partial charge in [-0.05, 0) is 43.1 Å². The van der Waals surface area contributed by atoms with Crippen LogP contribution in [0.15, 0.2) is 22.7 Å². The Hall–Kier alpha value is -0.940. The Balaban J connectivity index is 2.00. The van der Waals surface area contributed by atoms with E-state index in [9.17, 15) is 9.18 Å². The van der Waals surface area contributed by atoms with Gasteiger partial charge in [-0.15, -0.1) is 0 Å². The molecular weight excluding hydrogens is 313 g/mol. The van der Waals surface area contributed by atoms with Gasteiger partial charge < -0.3 is 4.74 Å². The summed E-state index contributed by atoms with van der Waals surface area (Å²) in [7, 11) is 1.42. The Kier molecular flexibility index (Phi) is 4.93. The minimum atomic E-state index is -0.245. The number of hydrogen-bond donors (Lipinski definition) is 0. The molecule has 1 aliphatic rings. The lowest BCUT2D eigenvalue weighted by molar-refractivity contribution is -0.147. The van der Waals surface area contributed by atoms with E-state index in [1.54, 1.807) is 0 Å². The number of carbonyl (C=O) groups is 1. The summed E-state index contributed by atoms with van der Waals surface area (Å²) in [5.74, 6) is -0.452. The molecule has 0 radical (unpaired) electrons. The number of nitrogens with zero attached hydrogens (tertiary/aromatic N) is 1. The zero-order chi connectivity index (χ0) is 13.8. The van der Waals surface area contributed by atoms with E-state index in [0.29, 0.717) is 13.1 Å². The Bertz CT molecular complexity index is 447. The zero-order valence-electron chi connectivity index (χ0n) is 10.9.